The summed E-state index contributed by atoms with van der Waals surface area (Å²) in [5.41, 5.74) is 3.06. The minimum Gasteiger partial charge on any atom is -0.496 e. The van der Waals surface area contributed by atoms with E-state index in [2.05, 4.69) is 31.9 Å². The highest BCUT2D eigenvalue weighted by Gasteiger charge is 2.17. The van der Waals surface area contributed by atoms with Gasteiger partial charge < -0.3 is 19.8 Å². The van der Waals surface area contributed by atoms with Crippen LogP contribution in [0.15, 0.2) is 75.6 Å². The van der Waals surface area contributed by atoms with Crippen molar-refractivity contribution < 1.29 is 18.7 Å². The highest BCUT2D eigenvalue weighted by atomic mass is 79.9. The van der Waals surface area contributed by atoms with Gasteiger partial charge in [0, 0.05) is 21.2 Å². The van der Waals surface area contributed by atoms with Crippen LogP contribution in [0.4, 0.5) is 11.4 Å². The number of carbonyl (C=O) groups is 2. The maximum absolute atomic E-state index is 12.7. The highest BCUT2D eigenvalue weighted by molar-refractivity contribution is 9.10. The molecule has 9 heteroatoms. The van der Waals surface area contributed by atoms with E-state index in [0.717, 1.165) is 15.4 Å². The largest absolute Gasteiger partial charge is 0.496 e. The van der Waals surface area contributed by atoms with E-state index in [-0.39, 0.29) is 16.8 Å². The fraction of sp³-hybridized carbons (Fsp3) is 0.0800. The summed E-state index contributed by atoms with van der Waals surface area (Å²) in [5, 5.41) is 9.39. The van der Waals surface area contributed by atoms with Crippen LogP contribution >= 0.6 is 28.1 Å². The van der Waals surface area contributed by atoms with E-state index in [1.165, 1.54) is 7.11 Å². The molecule has 0 unspecified atom stereocenters. The van der Waals surface area contributed by atoms with E-state index in [4.69, 9.17) is 21.4 Å². The quantitative estimate of drug-likeness (QED) is 0.275. The number of carbonyl (C=O) groups excluding carboxylic acids is 2. The van der Waals surface area contributed by atoms with Gasteiger partial charge in [0.25, 0.3) is 11.8 Å². The number of anilines is 2. The normalized spacial score (nSPS) is 10.6. The zero-order valence-electron chi connectivity index (χ0n) is 18.3. The van der Waals surface area contributed by atoms with Gasteiger partial charge in [-0.2, -0.15) is 0 Å². The smallest absolute Gasteiger partial charge is 0.291 e. The van der Waals surface area contributed by atoms with Gasteiger partial charge in [-0.1, -0.05) is 34.1 Å². The number of furan rings is 1. The van der Waals surface area contributed by atoms with Crippen LogP contribution in [-0.4, -0.2) is 24.0 Å². The molecule has 2 amide bonds. The first-order chi connectivity index (χ1) is 16.3. The zero-order valence-corrected chi connectivity index (χ0v) is 20.7. The molecule has 7 nitrogen and oxygen atoms in total. The summed E-state index contributed by atoms with van der Waals surface area (Å²) in [6, 6.07) is 19.5. The van der Waals surface area contributed by atoms with E-state index in [1.54, 1.807) is 36.4 Å². The third-order valence-corrected chi connectivity index (χ3v) is 5.63. The Morgan fingerprint density at radius 1 is 0.941 bits per heavy atom. The second-order valence-corrected chi connectivity index (χ2v) is 8.72. The number of fused-ring (bicyclic) bond motifs is 1. The van der Waals surface area contributed by atoms with Crippen LogP contribution in [0.2, 0.25) is 0 Å². The van der Waals surface area contributed by atoms with Crippen molar-refractivity contribution in [3.63, 3.8) is 0 Å². The third kappa shape index (κ3) is 5.27. The molecule has 1 heterocycles. The standard InChI is InChI=1S/C25H20BrN3O4S/c1-14-11-16(26)13-19(22(14)32-2)23(30)29-25(34)28-18-9-7-17(8-10-18)27-24(31)21-12-15-5-3-4-6-20(15)33-21/h3-13H,1-2H3,(H,27,31)(H2,28,29,30,34). The monoisotopic (exact) mass is 537 g/mol. The molecule has 0 bridgehead atoms. The van der Waals surface area contributed by atoms with Gasteiger partial charge in [-0.15, -0.1) is 0 Å². The lowest BCUT2D eigenvalue weighted by Crippen LogP contribution is -2.34. The average molecular weight is 538 g/mol. The van der Waals surface area contributed by atoms with Crippen LogP contribution in [0.1, 0.15) is 26.5 Å². The van der Waals surface area contributed by atoms with E-state index in [1.807, 2.05) is 37.3 Å². The minimum absolute atomic E-state index is 0.128. The topological polar surface area (TPSA) is 92.6 Å². The molecule has 0 radical (unpaired) electrons. The molecular weight excluding hydrogens is 518 g/mol. The Morgan fingerprint density at radius 3 is 2.29 bits per heavy atom. The molecule has 0 atom stereocenters. The van der Waals surface area contributed by atoms with Gasteiger partial charge >= 0.3 is 0 Å². The van der Waals surface area contributed by atoms with Gasteiger partial charge in [0.2, 0.25) is 0 Å². The third-order valence-electron chi connectivity index (χ3n) is 4.97. The van der Waals surface area contributed by atoms with E-state index in [0.29, 0.717) is 28.3 Å². The Hall–Kier alpha value is -3.69. The fourth-order valence-electron chi connectivity index (χ4n) is 3.43. The summed E-state index contributed by atoms with van der Waals surface area (Å²) in [5.74, 6) is -0.0371. The van der Waals surface area contributed by atoms with Gasteiger partial charge in [0.05, 0.1) is 12.7 Å². The molecule has 34 heavy (non-hydrogen) atoms. The van der Waals surface area contributed by atoms with E-state index < -0.39 is 5.91 Å². The molecule has 0 aliphatic carbocycles. The number of amides is 2. The van der Waals surface area contributed by atoms with Crippen molar-refractivity contribution in [2.75, 3.05) is 17.7 Å². The van der Waals surface area contributed by atoms with Gasteiger partial charge in [-0.3, -0.25) is 14.9 Å². The molecule has 0 saturated carbocycles. The lowest BCUT2D eigenvalue weighted by Gasteiger charge is -2.14. The van der Waals surface area contributed by atoms with Gasteiger partial charge in [-0.25, -0.2) is 0 Å². The molecule has 3 N–H and O–H groups in total. The number of para-hydroxylation sites is 1. The summed E-state index contributed by atoms with van der Waals surface area (Å²) in [6.45, 7) is 1.85. The van der Waals surface area contributed by atoms with Gasteiger partial charge in [-0.05, 0) is 73.2 Å². The van der Waals surface area contributed by atoms with Gasteiger partial charge in [0.1, 0.15) is 11.3 Å². The fourth-order valence-corrected chi connectivity index (χ4v) is 4.21. The van der Waals surface area contributed by atoms with Crippen molar-refractivity contribution in [1.82, 2.24) is 5.32 Å². The van der Waals surface area contributed by atoms with Crippen LogP contribution in [0, 0.1) is 6.92 Å². The first-order valence-electron chi connectivity index (χ1n) is 10.2. The summed E-state index contributed by atoms with van der Waals surface area (Å²) in [4.78, 5) is 25.2. The van der Waals surface area contributed by atoms with Crippen LogP contribution in [0.3, 0.4) is 0 Å². The van der Waals surface area contributed by atoms with E-state index >= 15 is 0 Å². The molecule has 0 aliphatic rings. The lowest BCUT2D eigenvalue weighted by molar-refractivity contribution is 0.0972. The number of ether oxygens (including phenoxy) is 1. The first kappa shape index (κ1) is 23.5. The Morgan fingerprint density at radius 2 is 1.62 bits per heavy atom. The molecule has 1 aromatic heterocycles. The van der Waals surface area contributed by atoms with Crippen molar-refractivity contribution in [3.8, 4) is 5.75 Å². The number of nitrogens with one attached hydrogen (secondary N) is 3. The molecule has 0 spiro atoms. The maximum atomic E-state index is 12.7. The molecule has 172 valence electrons. The molecule has 0 saturated heterocycles. The summed E-state index contributed by atoms with van der Waals surface area (Å²) in [7, 11) is 1.51. The van der Waals surface area contributed by atoms with Crippen molar-refractivity contribution in [3.05, 3.63) is 88.1 Å². The van der Waals surface area contributed by atoms with Crippen LogP contribution in [-0.2, 0) is 0 Å². The number of thiocarbonyl (C=S) groups is 1. The number of methoxy groups -OCH3 is 1. The number of hydrogen-bond acceptors (Lipinski definition) is 5. The average Bonchev–Trinajstić information content (AvgIpc) is 3.24. The molecule has 4 rings (SSSR count). The summed E-state index contributed by atoms with van der Waals surface area (Å²) >= 11 is 8.67. The van der Waals surface area contributed by atoms with Crippen molar-refractivity contribution in [1.29, 1.82) is 0 Å². The maximum Gasteiger partial charge on any atom is 0.291 e. The number of rotatable bonds is 5. The minimum atomic E-state index is -0.395. The number of aryl methyl sites for hydroxylation is 1. The predicted molar refractivity (Wildman–Crippen MR) is 140 cm³/mol. The Labute approximate surface area is 209 Å². The lowest BCUT2D eigenvalue weighted by atomic mass is 10.1. The second-order valence-electron chi connectivity index (χ2n) is 7.39. The first-order valence-corrected chi connectivity index (χ1v) is 11.4. The van der Waals surface area contributed by atoms with E-state index in [9.17, 15) is 9.59 Å². The van der Waals surface area contributed by atoms with Gasteiger partial charge in [0.15, 0.2) is 10.9 Å². The SMILES string of the molecule is COc1c(C)cc(Br)cc1C(=O)NC(=S)Nc1ccc(NC(=O)c2cc3ccccc3o2)cc1. The molecule has 3 aromatic carbocycles. The summed E-state index contributed by atoms with van der Waals surface area (Å²) < 4.78 is 11.7. The second kappa shape index (κ2) is 10.1. The number of hydrogen-bond donors (Lipinski definition) is 3. The van der Waals surface area contributed by atoms with Crippen LogP contribution < -0.4 is 20.7 Å². The molecule has 0 fully saturated rings. The Kier molecular flexibility index (Phi) is 6.95. The Balaban J connectivity index is 1.37. The van der Waals surface area contributed by atoms with Crippen LogP contribution in [0.25, 0.3) is 11.0 Å². The van der Waals surface area contributed by atoms with Crippen LogP contribution in [0.5, 0.6) is 5.75 Å². The number of benzene rings is 3. The summed E-state index contributed by atoms with van der Waals surface area (Å²) in [6.07, 6.45) is 0. The molecular formula is C25H20BrN3O4S. The van der Waals surface area contributed by atoms with Crippen molar-refractivity contribution >= 4 is 67.4 Å². The predicted octanol–water partition coefficient (Wildman–Crippen LogP) is 5.89. The van der Waals surface area contributed by atoms with Crippen molar-refractivity contribution in [2.45, 2.75) is 6.92 Å². The zero-order chi connectivity index (χ0) is 24.2. The molecule has 4 aromatic rings. The molecule has 0 aliphatic heterocycles. The Bertz CT molecular complexity index is 1370. The highest BCUT2D eigenvalue weighted by Crippen LogP contribution is 2.28. The van der Waals surface area contributed by atoms with Crippen molar-refractivity contribution in [2.24, 2.45) is 0 Å². The number of halogens is 1.